The molecule has 0 aliphatic heterocycles. The Bertz CT molecular complexity index is 686. The number of Topliss-reactive ketones (excluding diaryl/α,β-unsaturated/α-hetero) is 1. The summed E-state index contributed by atoms with van der Waals surface area (Å²) in [7, 11) is 1.57. The van der Waals surface area contributed by atoms with Crippen molar-refractivity contribution in [2.45, 2.75) is 27.2 Å². The summed E-state index contributed by atoms with van der Waals surface area (Å²) in [6.45, 7) is 5.92. The number of methoxy groups -OCH3 is 1. The zero-order chi connectivity index (χ0) is 17.0. The number of amides is 1. The number of ether oxygens (including phenoxy) is 1. The fraction of sp³-hybridized carbons (Fsp3) is 0.368. The maximum atomic E-state index is 12.3. The summed E-state index contributed by atoms with van der Waals surface area (Å²) >= 11 is 0. The third-order valence-corrected chi connectivity index (χ3v) is 4.01. The number of nitrogens with one attached hydrogen (secondary N) is 1. The van der Waals surface area contributed by atoms with Crippen LogP contribution in [0.4, 0.5) is 0 Å². The molecule has 1 atom stereocenters. The van der Waals surface area contributed by atoms with Gasteiger partial charge in [-0.1, -0.05) is 30.7 Å². The third kappa shape index (κ3) is 4.09. The summed E-state index contributed by atoms with van der Waals surface area (Å²) in [5.74, 6) is 0.730. The van der Waals surface area contributed by atoms with E-state index in [1.54, 1.807) is 25.3 Å². The van der Waals surface area contributed by atoms with Crippen LogP contribution in [-0.4, -0.2) is 25.3 Å². The molecule has 1 unspecified atom stereocenters. The number of rotatable bonds is 5. The van der Waals surface area contributed by atoms with Gasteiger partial charge in [0.2, 0.25) is 0 Å². The average Bonchev–Trinajstić information content (AvgIpc) is 2.51. The lowest BCUT2D eigenvalue weighted by atomic mass is 9.90. The van der Waals surface area contributed by atoms with E-state index in [1.807, 2.05) is 19.9 Å². The number of allylic oxidation sites excluding steroid dienone is 3. The number of hydrogen-bond acceptors (Lipinski definition) is 3. The first-order valence-corrected chi connectivity index (χ1v) is 7.76. The number of hydrogen-bond donors (Lipinski definition) is 1. The lowest BCUT2D eigenvalue weighted by Gasteiger charge is -2.17. The minimum Gasteiger partial charge on any atom is -0.496 e. The molecular formula is C19H23NO3. The van der Waals surface area contributed by atoms with Crippen molar-refractivity contribution < 1.29 is 14.3 Å². The molecular weight excluding hydrogens is 290 g/mol. The summed E-state index contributed by atoms with van der Waals surface area (Å²) < 4.78 is 5.22. The van der Waals surface area contributed by atoms with E-state index in [1.165, 1.54) is 0 Å². The molecule has 1 N–H and O–H groups in total. The van der Waals surface area contributed by atoms with Gasteiger partial charge in [-0.2, -0.15) is 0 Å². The van der Waals surface area contributed by atoms with E-state index in [-0.39, 0.29) is 18.2 Å². The zero-order valence-corrected chi connectivity index (χ0v) is 14.1. The molecule has 1 aliphatic carbocycles. The van der Waals surface area contributed by atoms with Crippen LogP contribution in [0.5, 0.6) is 5.75 Å². The van der Waals surface area contributed by atoms with Crippen molar-refractivity contribution in [2.24, 2.45) is 5.92 Å². The largest absolute Gasteiger partial charge is 0.496 e. The van der Waals surface area contributed by atoms with Crippen molar-refractivity contribution >= 4 is 11.7 Å². The van der Waals surface area contributed by atoms with Gasteiger partial charge in [0.25, 0.3) is 5.91 Å². The van der Waals surface area contributed by atoms with Crippen LogP contribution >= 0.6 is 0 Å². The SMILES string of the molecule is COc1cccc(C(=O)NCC(=O)C2=CC(C)=CC(C)C2)c1C. The molecule has 4 nitrogen and oxygen atoms in total. The Labute approximate surface area is 137 Å². The van der Waals surface area contributed by atoms with Crippen LogP contribution < -0.4 is 10.1 Å². The van der Waals surface area contributed by atoms with Gasteiger partial charge in [-0.05, 0) is 43.9 Å². The van der Waals surface area contributed by atoms with Crippen LogP contribution in [-0.2, 0) is 4.79 Å². The van der Waals surface area contributed by atoms with Gasteiger partial charge >= 0.3 is 0 Å². The van der Waals surface area contributed by atoms with Gasteiger partial charge in [0.1, 0.15) is 5.75 Å². The monoisotopic (exact) mass is 313 g/mol. The first-order valence-electron chi connectivity index (χ1n) is 7.76. The Kier molecular flexibility index (Phi) is 5.37. The number of carbonyl (C=O) groups excluding carboxylic acids is 2. The van der Waals surface area contributed by atoms with Gasteiger partial charge in [-0.25, -0.2) is 0 Å². The molecule has 0 fully saturated rings. The topological polar surface area (TPSA) is 55.4 Å². The van der Waals surface area contributed by atoms with Crippen molar-refractivity contribution in [3.63, 3.8) is 0 Å². The Morgan fingerprint density at radius 1 is 1.30 bits per heavy atom. The van der Waals surface area contributed by atoms with Crippen molar-refractivity contribution in [3.05, 3.63) is 52.6 Å². The molecule has 0 heterocycles. The predicted octanol–water partition coefficient (Wildman–Crippen LogP) is 3.22. The molecule has 4 heteroatoms. The second-order valence-corrected chi connectivity index (χ2v) is 6.00. The molecule has 0 saturated heterocycles. The van der Waals surface area contributed by atoms with Crippen LogP contribution in [0, 0.1) is 12.8 Å². The number of ketones is 1. The van der Waals surface area contributed by atoms with E-state index in [4.69, 9.17) is 4.74 Å². The Hall–Kier alpha value is -2.36. The summed E-state index contributed by atoms with van der Waals surface area (Å²) in [5, 5.41) is 2.71. The molecule has 0 spiro atoms. The van der Waals surface area contributed by atoms with Crippen molar-refractivity contribution in [1.29, 1.82) is 0 Å². The van der Waals surface area contributed by atoms with Crippen molar-refractivity contribution in [1.82, 2.24) is 5.32 Å². The molecule has 1 amide bonds. The highest BCUT2D eigenvalue weighted by molar-refractivity contribution is 6.02. The maximum Gasteiger partial charge on any atom is 0.252 e. The maximum absolute atomic E-state index is 12.3. The lowest BCUT2D eigenvalue weighted by molar-refractivity contribution is -0.114. The Morgan fingerprint density at radius 3 is 2.70 bits per heavy atom. The average molecular weight is 313 g/mol. The Morgan fingerprint density at radius 2 is 2.04 bits per heavy atom. The molecule has 0 aromatic heterocycles. The van der Waals surface area contributed by atoms with Crippen LogP contribution in [0.1, 0.15) is 36.2 Å². The molecule has 122 valence electrons. The molecule has 1 aromatic rings. The van der Waals surface area contributed by atoms with Crippen molar-refractivity contribution in [2.75, 3.05) is 13.7 Å². The van der Waals surface area contributed by atoms with Gasteiger partial charge in [-0.3, -0.25) is 9.59 Å². The van der Waals surface area contributed by atoms with Gasteiger partial charge < -0.3 is 10.1 Å². The molecule has 0 radical (unpaired) electrons. The van der Waals surface area contributed by atoms with Crippen LogP contribution in [0.15, 0.2) is 41.5 Å². The second-order valence-electron chi connectivity index (χ2n) is 6.00. The summed E-state index contributed by atoms with van der Waals surface area (Å²) in [4.78, 5) is 24.6. The van der Waals surface area contributed by atoms with Gasteiger partial charge in [-0.15, -0.1) is 0 Å². The van der Waals surface area contributed by atoms with Gasteiger partial charge in [0.15, 0.2) is 5.78 Å². The number of carbonyl (C=O) groups is 2. The highest BCUT2D eigenvalue weighted by atomic mass is 16.5. The normalized spacial score (nSPS) is 17.1. The minimum absolute atomic E-state index is 0.0152. The summed E-state index contributed by atoms with van der Waals surface area (Å²) in [6.07, 6.45) is 4.78. The quantitative estimate of drug-likeness (QED) is 0.908. The summed E-state index contributed by atoms with van der Waals surface area (Å²) in [6, 6.07) is 5.30. The van der Waals surface area contributed by atoms with Crippen LogP contribution in [0.25, 0.3) is 0 Å². The highest BCUT2D eigenvalue weighted by Gasteiger charge is 2.18. The smallest absolute Gasteiger partial charge is 0.252 e. The standard InChI is InChI=1S/C19H23NO3/c1-12-8-13(2)10-15(9-12)17(21)11-20-19(22)16-6-5-7-18(23-4)14(16)3/h5-9,13H,10-11H2,1-4H3,(H,20,22). The number of benzene rings is 1. The molecule has 2 rings (SSSR count). The Balaban J connectivity index is 2.02. The molecule has 1 aromatic carbocycles. The third-order valence-electron chi connectivity index (χ3n) is 4.01. The van der Waals surface area contributed by atoms with E-state index in [9.17, 15) is 9.59 Å². The zero-order valence-electron chi connectivity index (χ0n) is 14.1. The van der Waals surface area contributed by atoms with Gasteiger partial charge in [0, 0.05) is 11.1 Å². The van der Waals surface area contributed by atoms with E-state index in [0.717, 1.165) is 23.1 Å². The fourth-order valence-electron chi connectivity index (χ4n) is 2.88. The fourth-order valence-corrected chi connectivity index (χ4v) is 2.88. The minimum atomic E-state index is -0.258. The van der Waals surface area contributed by atoms with E-state index in [2.05, 4.69) is 18.3 Å². The molecule has 1 aliphatic rings. The second kappa shape index (κ2) is 7.27. The predicted molar refractivity (Wildman–Crippen MR) is 90.7 cm³/mol. The van der Waals surface area contributed by atoms with Crippen molar-refractivity contribution in [3.8, 4) is 5.75 Å². The van der Waals surface area contributed by atoms with E-state index >= 15 is 0 Å². The molecule has 23 heavy (non-hydrogen) atoms. The summed E-state index contributed by atoms with van der Waals surface area (Å²) in [5.41, 5.74) is 3.17. The first-order chi connectivity index (χ1) is 10.9. The van der Waals surface area contributed by atoms with E-state index in [0.29, 0.717) is 17.2 Å². The first kappa shape index (κ1) is 17.0. The van der Waals surface area contributed by atoms with Crippen LogP contribution in [0.2, 0.25) is 0 Å². The highest BCUT2D eigenvalue weighted by Crippen LogP contribution is 2.23. The molecule has 0 saturated carbocycles. The van der Waals surface area contributed by atoms with Crippen LogP contribution in [0.3, 0.4) is 0 Å². The van der Waals surface area contributed by atoms with Gasteiger partial charge in [0.05, 0.1) is 13.7 Å². The molecule has 0 bridgehead atoms. The lowest BCUT2D eigenvalue weighted by Crippen LogP contribution is -2.31. The van der Waals surface area contributed by atoms with E-state index < -0.39 is 0 Å².